The Hall–Kier alpha value is -0.0800. The maximum atomic E-state index is 3.86. The first kappa shape index (κ1) is 15.3. The van der Waals surface area contributed by atoms with E-state index in [1.165, 1.54) is 45.2 Å². The number of hydrogen-bond acceptors (Lipinski definition) is 2. The molecule has 2 aliphatic rings. The van der Waals surface area contributed by atoms with Gasteiger partial charge in [-0.3, -0.25) is 4.90 Å². The highest BCUT2D eigenvalue weighted by molar-refractivity contribution is 5.02. The lowest BCUT2D eigenvalue weighted by molar-refractivity contribution is 0.108. The molecule has 0 heterocycles. The molecule has 19 heavy (non-hydrogen) atoms. The van der Waals surface area contributed by atoms with Crippen LogP contribution in [0.15, 0.2) is 0 Å². The van der Waals surface area contributed by atoms with Gasteiger partial charge in [-0.05, 0) is 63.8 Å². The molecule has 0 aliphatic heterocycles. The third-order valence-electron chi connectivity index (χ3n) is 5.18. The molecule has 2 aliphatic carbocycles. The van der Waals surface area contributed by atoms with E-state index in [9.17, 15) is 0 Å². The SMILES string of the molecule is CCCNC1C(N(CC2CC2)C(C)C)CCC1(C)C. The Bertz CT molecular complexity index is 281. The molecule has 1 N–H and O–H groups in total. The highest BCUT2D eigenvalue weighted by atomic mass is 15.2. The minimum absolute atomic E-state index is 0.455. The summed E-state index contributed by atoms with van der Waals surface area (Å²) in [4.78, 5) is 2.81. The summed E-state index contributed by atoms with van der Waals surface area (Å²) in [6.45, 7) is 14.4. The van der Waals surface area contributed by atoms with Gasteiger partial charge in [0, 0.05) is 24.7 Å². The summed E-state index contributed by atoms with van der Waals surface area (Å²) in [5.41, 5.74) is 0.455. The zero-order valence-corrected chi connectivity index (χ0v) is 13.7. The molecular formula is C17H34N2. The molecule has 2 unspecified atom stereocenters. The Labute approximate surface area is 120 Å². The monoisotopic (exact) mass is 266 g/mol. The summed E-state index contributed by atoms with van der Waals surface area (Å²) >= 11 is 0. The predicted molar refractivity (Wildman–Crippen MR) is 83.5 cm³/mol. The number of hydrogen-bond donors (Lipinski definition) is 1. The summed E-state index contributed by atoms with van der Waals surface area (Å²) in [5.74, 6) is 0.998. The van der Waals surface area contributed by atoms with E-state index in [1.807, 2.05) is 0 Å². The summed E-state index contributed by atoms with van der Waals surface area (Å²) in [7, 11) is 0. The fraction of sp³-hybridized carbons (Fsp3) is 1.00. The number of rotatable bonds is 7. The molecule has 0 amide bonds. The molecule has 112 valence electrons. The van der Waals surface area contributed by atoms with Gasteiger partial charge < -0.3 is 5.32 Å². The van der Waals surface area contributed by atoms with E-state index >= 15 is 0 Å². The van der Waals surface area contributed by atoms with Crippen molar-refractivity contribution in [2.75, 3.05) is 13.1 Å². The van der Waals surface area contributed by atoms with E-state index in [1.54, 1.807) is 0 Å². The minimum atomic E-state index is 0.455. The normalized spacial score (nSPS) is 30.5. The van der Waals surface area contributed by atoms with E-state index in [-0.39, 0.29) is 0 Å². The van der Waals surface area contributed by atoms with Crippen LogP contribution in [0.1, 0.15) is 66.7 Å². The van der Waals surface area contributed by atoms with E-state index in [0.29, 0.717) is 17.5 Å². The molecule has 2 nitrogen and oxygen atoms in total. The minimum Gasteiger partial charge on any atom is -0.312 e. The highest BCUT2D eigenvalue weighted by Crippen LogP contribution is 2.42. The third-order valence-corrected chi connectivity index (χ3v) is 5.18. The van der Waals surface area contributed by atoms with Crippen LogP contribution >= 0.6 is 0 Å². The average molecular weight is 266 g/mol. The van der Waals surface area contributed by atoms with Crippen LogP contribution in [0.2, 0.25) is 0 Å². The number of nitrogens with zero attached hydrogens (tertiary/aromatic N) is 1. The molecule has 0 bridgehead atoms. The van der Waals surface area contributed by atoms with Gasteiger partial charge in [0.05, 0.1) is 0 Å². The van der Waals surface area contributed by atoms with Crippen LogP contribution in [-0.2, 0) is 0 Å². The van der Waals surface area contributed by atoms with E-state index in [2.05, 4.69) is 44.8 Å². The van der Waals surface area contributed by atoms with Crippen molar-refractivity contribution >= 4 is 0 Å². The zero-order chi connectivity index (χ0) is 14.0. The molecule has 0 radical (unpaired) electrons. The van der Waals surface area contributed by atoms with Crippen molar-refractivity contribution in [1.82, 2.24) is 10.2 Å². The molecule has 0 aromatic rings. The van der Waals surface area contributed by atoms with Crippen LogP contribution in [0.5, 0.6) is 0 Å². The maximum absolute atomic E-state index is 3.86. The lowest BCUT2D eigenvalue weighted by Crippen LogP contribution is -2.54. The molecule has 0 aromatic carbocycles. The second-order valence-electron chi connectivity index (χ2n) is 7.76. The van der Waals surface area contributed by atoms with Gasteiger partial charge in [-0.1, -0.05) is 20.8 Å². The Kier molecular flexibility index (Phi) is 4.94. The van der Waals surface area contributed by atoms with Gasteiger partial charge in [0.15, 0.2) is 0 Å². The molecule has 0 spiro atoms. The van der Waals surface area contributed by atoms with E-state index in [0.717, 1.165) is 12.0 Å². The van der Waals surface area contributed by atoms with Crippen molar-refractivity contribution in [3.8, 4) is 0 Å². The smallest absolute Gasteiger partial charge is 0.0274 e. The van der Waals surface area contributed by atoms with Gasteiger partial charge in [0.25, 0.3) is 0 Å². The van der Waals surface area contributed by atoms with Gasteiger partial charge >= 0.3 is 0 Å². The molecule has 2 saturated carbocycles. The Balaban J connectivity index is 2.05. The van der Waals surface area contributed by atoms with Gasteiger partial charge in [-0.15, -0.1) is 0 Å². The van der Waals surface area contributed by atoms with Crippen molar-refractivity contribution in [1.29, 1.82) is 0 Å². The average Bonchev–Trinajstić information content (AvgIpc) is 3.09. The first-order chi connectivity index (χ1) is 8.95. The molecule has 0 saturated heterocycles. The summed E-state index contributed by atoms with van der Waals surface area (Å²) in [6.07, 6.45) is 6.91. The summed E-state index contributed by atoms with van der Waals surface area (Å²) in [5, 5.41) is 3.86. The molecule has 2 rings (SSSR count). The quantitative estimate of drug-likeness (QED) is 0.756. The second kappa shape index (κ2) is 6.13. The fourth-order valence-electron chi connectivity index (χ4n) is 3.76. The first-order valence-corrected chi connectivity index (χ1v) is 8.45. The molecule has 2 fully saturated rings. The largest absolute Gasteiger partial charge is 0.312 e. The highest BCUT2D eigenvalue weighted by Gasteiger charge is 2.45. The van der Waals surface area contributed by atoms with Crippen LogP contribution in [-0.4, -0.2) is 36.1 Å². The van der Waals surface area contributed by atoms with E-state index < -0.39 is 0 Å². The predicted octanol–water partition coefficient (Wildman–Crippen LogP) is 3.66. The van der Waals surface area contributed by atoms with Crippen LogP contribution in [0.3, 0.4) is 0 Å². The number of nitrogens with one attached hydrogen (secondary N) is 1. The molecular weight excluding hydrogens is 232 g/mol. The Morgan fingerprint density at radius 2 is 1.89 bits per heavy atom. The Morgan fingerprint density at radius 3 is 2.42 bits per heavy atom. The molecule has 2 heteroatoms. The van der Waals surface area contributed by atoms with Crippen molar-refractivity contribution in [3.05, 3.63) is 0 Å². The second-order valence-corrected chi connectivity index (χ2v) is 7.76. The summed E-state index contributed by atoms with van der Waals surface area (Å²) in [6, 6.07) is 2.11. The van der Waals surface area contributed by atoms with Crippen molar-refractivity contribution in [2.45, 2.75) is 84.8 Å². The van der Waals surface area contributed by atoms with Crippen LogP contribution < -0.4 is 5.32 Å². The molecule has 2 atom stereocenters. The fourth-order valence-corrected chi connectivity index (χ4v) is 3.76. The molecule has 0 aromatic heterocycles. The van der Waals surface area contributed by atoms with Gasteiger partial charge in [0.2, 0.25) is 0 Å². The van der Waals surface area contributed by atoms with Gasteiger partial charge in [-0.2, -0.15) is 0 Å². The van der Waals surface area contributed by atoms with Gasteiger partial charge in [-0.25, -0.2) is 0 Å². The maximum Gasteiger partial charge on any atom is 0.0274 e. The lowest BCUT2D eigenvalue weighted by Gasteiger charge is -2.40. The Morgan fingerprint density at radius 1 is 1.21 bits per heavy atom. The zero-order valence-electron chi connectivity index (χ0n) is 13.7. The topological polar surface area (TPSA) is 15.3 Å². The standard InChI is InChI=1S/C17H34N2/c1-6-11-18-16-15(9-10-17(16,4)5)19(13(2)3)12-14-7-8-14/h13-16,18H,6-12H2,1-5H3. The van der Waals surface area contributed by atoms with Crippen LogP contribution in [0, 0.1) is 11.3 Å². The first-order valence-electron chi connectivity index (χ1n) is 8.45. The van der Waals surface area contributed by atoms with Crippen LogP contribution in [0.4, 0.5) is 0 Å². The van der Waals surface area contributed by atoms with Gasteiger partial charge in [0.1, 0.15) is 0 Å². The van der Waals surface area contributed by atoms with Crippen molar-refractivity contribution < 1.29 is 0 Å². The van der Waals surface area contributed by atoms with Crippen molar-refractivity contribution in [2.24, 2.45) is 11.3 Å². The van der Waals surface area contributed by atoms with Crippen molar-refractivity contribution in [3.63, 3.8) is 0 Å². The third kappa shape index (κ3) is 3.72. The van der Waals surface area contributed by atoms with Crippen LogP contribution in [0.25, 0.3) is 0 Å². The lowest BCUT2D eigenvalue weighted by atomic mass is 9.86. The summed E-state index contributed by atoms with van der Waals surface area (Å²) < 4.78 is 0. The van der Waals surface area contributed by atoms with E-state index in [4.69, 9.17) is 0 Å².